The molecule has 0 unspecified atom stereocenters. The molecule has 3 aromatic rings. The summed E-state index contributed by atoms with van der Waals surface area (Å²) in [7, 11) is 0. The minimum absolute atomic E-state index is 0.0716. The number of benzene rings is 2. The number of furan rings is 1. The Morgan fingerprint density at radius 1 is 1.08 bits per heavy atom. The molecule has 7 heteroatoms. The summed E-state index contributed by atoms with van der Waals surface area (Å²) in [5, 5.41) is 0.0711. The first-order chi connectivity index (χ1) is 12.4. The van der Waals surface area contributed by atoms with Crippen LogP contribution in [0, 0.1) is 11.6 Å². The van der Waals surface area contributed by atoms with E-state index in [4.69, 9.17) is 32.4 Å². The molecule has 0 atom stereocenters. The van der Waals surface area contributed by atoms with E-state index in [1.54, 1.807) is 6.92 Å². The van der Waals surface area contributed by atoms with Gasteiger partial charge < -0.3 is 9.15 Å². The van der Waals surface area contributed by atoms with Gasteiger partial charge in [-0.2, -0.15) is 0 Å². The molecule has 0 N–H and O–H groups in total. The predicted octanol–water partition coefficient (Wildman–Crippen LogP) is 6.38. The molecule has 0 aliphatic heterocycles. The second-order valence-corrected chi connectivity index (χ2v) is 6.20. The summed E-state index contributed by atoms with van der Waals surface area (Å²) in [6, 6.07) is 9.34. The van der Waals surface area contributed by atoms with Crippen LogP contribution >= 0.6 is 23.2 Å². The van der Waals surface area contributed by atoms with Crippen LogP contribution in [0.2, 0.25) is 10.0 Å². The van der Waals surface area contributed by atoms with Crippen molar-refractivity contribution >= 4 is 29.2 Å². The summed E-state index contributed by atoms with van der Waals surface area (Å²) in [5.74, 6) is -1.66. The average molecular weight is 397 g/mol. The number of carbonyl (C=O) groups excluding carboxylic acids is 1. The summed E-state index contributed by atoms with van der Waals surface area (Å²) >= 11 is 11.8. The highest BCUT2D eigenvalue weighted by molar-refractivity contribution is 6.31. The second kappa shape index (κ2) is 7.48. The molecule has 0 radical (unpaired) electrons. The van der Waals surface area contributed by atoms with Gasteiger partial charge in [0, 0.05) is 16.1 Å². The zero-order chi connectivity index (χ0) is 18.8. The number of hydrogen-bond donors (Lipinski definition) is 0. The summed E-state index contributed by atoms with van der Waals surface area (Å²) in [4.78, 5) is 12.0. The summed E-state index contributed by atoms with van der Waals surface area (Å²) < 4.78 is 37.8. The third-order valence-electron chi connectivity index (χ3n) is 3.56. The molecule has 3 rings (SSSR count). The van der Waals surface area contributed by atoms with E-state index in [-0.39, 0.29) is 28.2 Å². The van der Waals surface area contributed by atoms with Crippen LogP contribution in [0.4, 0.5) is 8.78 Å². The molecule has 0 saturated heterocycles. The first kappa shape index (κ1) is 18.4. The van der Waals surface area contributed by atoms with Gasteiger partial charge in [0.2, 0.25) is 5.76 Å². The van der Waals surface area contributed by atoms with Gasteiger partial charge in [0.05, 0.1) is 11.6 Å². The zero-order valence-corrected chi connectivity index (χ0v) is 15.0. The Hall–Kier alpha value is -2.37. The summed E-state index contributed by atoms with van der Waals surface area (Å²) in [6.07, 6.45) is 0. The third kappa shape index (κ3) is 3.74. The van der Waals surface area contributed by atoms with Crippen molar-refractivity contribution in [3.63, 3.8) is 0 Å². The van der Waals surface area contributed by atoms with Crippen molar-refractivity contribution < 1.29 is 22.7 Å². The van der Waals surface area contributed by atoms with E-state index < -0.39 is 17.6 Å². The lowest BCUT2D eigenvalue weighted by Crippen LogP contribution is -2.02. The topological polar surface area (TPSA) is 39.4 Å². The van der Waals surface area contributed by atoms with Crippen molar-refractivity contribution in [1.29, 1.82) is 0 Å². The number of rotatable bonds is 4. The Labute approximate surface area is 158 Å². The van der Waals surface area contributed by atoms with Crippen molar-refractivity contribution in [2.45, 2.75) is 6.92 Å². The lowest BCUT2D eigenvalue weighted by atomic mass is 10.0. The van der Waals surface area contributed by atoms with Crippen LogP contribution < -0.4 is 0 Å². The van der Waals surface area contributed by atoms with Crippen LogP contribution in [0.15, 0.2) is 46.9 Å². The molecule has 0 saturated carbocycles. The maximum Gasteiger partial charge on any atom is 0.374 e. The lowest BCUT2D eigenvalue weighted by molar-refractivity contribution is 0.0491. The number of halogens is 4. The normalized spacial score (nSPS) is 10.8. The Morgan fingerprint density at radius 2 is 1.85 bits per heavy atom. The number of hydrogen-bond acceptors (Lipinski definition) is 3. The molecule has 2 aromatic carbocycles. The van der Waals surface area contributed by atoms with Crippen molar-refractivity contribution in [1.82, 2.24) is 0 Å². The molecule has 1 aromatic heterocycles. The van der Waals surface area contributed by atoms with Gasteiger partial charge >= 0.3 is 5.97 Å². The molecule has 0 aliphatic carbocycles. The fourth-order valence-corrected chi connectivity index (χ4v) is 2.87. The Balaban J connectivity index is 2.20. The van der Waals surface area contributed by atoms with E-state index in [1.807, 2.05) is 0 Å². The molecular weight excluding hydrogens is 385 g/mol. The second-order valence-electron chi connectivity index (χ2n) is 5.36. The van der Waals surface area contributed by atoms with E-state index in [2.05, 4.69) is 0 Å². The number of carbonyl (C=O) groups is 1. The van der Waals surface area contributed by atoms with Crippen molar-refractivity contribution in [3.8, 4) is 22.5 Å². The average Bonchev–Trinajstić information content (AvgIpc) is 3.02. The van der Waals surface area contributed by atoms with Crippen LogP contribution in [0.3, 0.4) is 0 Å². The van der Waals surface area contributed by atoms with Gasteiger partial charge in [-0.3, -0.25) is 0 Å². The maximum absolute atomic E-state index is 13.8. The van der Waals surface area contributed by atoms with Gasteiger partial charge in [0.25, 0.3) is 0 Å². The minimum Gasteiger partial charge on any atom is -0.460 e. The third-order valence-corrected chi connectivity index (χ3v) is 4.07. The highest BCUT2D eigenvalue weighted by atomic mass is 35.5. The van der Waals surface area contributed by atoms with Gasteiger partial charge in [-0.25, -0.2) is 13.6 Å². The van der Waals surface area contributed by atoms with E-state index >= 15 is 0 Å². The van der Waals surface area contributed by atoms with Crippen LogP contribution in [0.1, 0.15) is 17.5 Å². The van der Waals surface area contributed by atoms with E-state index in [1.165, 1.54) is 36.4 Å². The molecule has 0 bridgehead atoms. The van der Waals surface area contributed by atoms with Crippen LogP contribution in [0.5, 0.6) is 0 Å². The van der Waals surface area contributed by atoms with Crippen molar-refractivity contribution in [3.05, 3.63) is 69.9 Å². The first-order valence-corrected chi connectivity index (χ1v) is 8.37. The standard InChI is InChI=1S/C19H12Cl2F2O3/c1-2-25-19(24)17-9-14(11-5-12(20)8-13(22)6-11)18(26-17)10-3-4-16(23)15(21)7-10/h3-9H,2H2,1H3. The Bertz CT molecular complexity index is 963. The molecule has 134 valence electrons. The molecule has 3 nitrogen and oxygen atoms in total. The van der Waals surface area contributed by atoms with Crippen LogP contribution in [-0.2, 0) is 4.74 Å². The minimum atomic E-state index is -0.671. The maximum atomic E-state index is 13.8. The molecular formula is C19H12Cl2F2O3. The number of esters is 1. The van der Waals surface area contributed by atoms with Crippen molar-refractivity contribution in [2.75, 3.05) is 6.61 Å². The summed E-state index contributed by atoms with van der Waals surface area (Å²) in [6.45, 7) is 1.83. The molecule has 1 heterocycles. The van der Waals surface area contributed by atoms with Crippen LogP contribution in [-0.4, -0.2) is 12.6 Å². The molecule has 26 heavy (non-hydrogen) atoms. The monoisotopic (exact) mass is 396 g/mol. The largest absolute Gasteiger partial charge is 0.460 e. The smallest absolute Gasteiger partial charge is 0.374 e. The first-order valence-electron chi connectivity index (χ1n) is 7.62. The van der Waals surface area contributed by atoms with Gasteiger partial charge in [-0.05, 0) is 55.0 Å². The van der Waals surface area contributed by atoms with E-state index in [0.717, 1.165) is 6.07 Å². The fourth-order valence-electron chi connectivity index (χ4n) is 2.47. The SMILES string of the molecule is CCOC(=O)c1cc(-c2cc(F)cc(Cl)c2)c(-c2ccc(F)c(Cl)c2)o1. The Kier molecular flexibility index (Phi) is 5.30. The molecule has 0 spiro atoms. The zero-order valence-electron chi connectivity index (χ0n) is 13.5. The van der Waals surface area contributed by atoms with Gasteiger partial charge in [0.15, 0.2) is 0 Å². The van der Waals surface area contributed by atoms with Crippen molar-refractivity contribution in [2.24, 2.45) is 0 Å². The highest BCUT2D eigenvalue weighted by Crippen LogP contribution is 2.38. The van der Waals surface area contributed by atoms with Gasteiger partial charge in [0.1, 0.15) is 17.4 Å². The highest BCUT2D eigenvalue weighted by Gasteiger charge is 2.21. The van der Waals surface area contributed by atoms with E-state index in [9.17, 15) is 13.6 Å². The van der Waals surface area contributed by atoms with Crippen LogP contribution in [0.25, 0.3) is 22.5 Å². The quantitative estimate of drug-likeness (QED) is 0.480. The van der Waals surface area contributed by atoms with E-state index in [0.29, 0.717) is 16.7 Å². The van der Waals surface area contributed by atoms with Gasteiger partial charge in [-0.15, -0.1) is 0 Å². The summed E-state index contributed by atoms with van der Waals surface area (Å²) in [5.41, 5.74) is 1.21. The van der Waals surface area contributed by atoms with Gasteiger partial charge in [-0.1, -0.05) is 23.2 Å². The molecule has 0 amide bonds. The molecule has 0 fully saturated rings. The number of ether oxygens (including phenoxy) is 1. The lowest BCUT2D eigenvalue weighted by Gasteiger charge is -2.05. The molecule has 0 aliphatic rings. The predicted molar refractivity (Wildman–Crippen MR) is 95.5 cm³/mol. The Morgan fingerprint density at radius 3 is 2.50 bits per heavy atom. The fraction of sp³-hybridized carbons (Fsp3) is 0.105.